The van der Waals surface area contributed by atoms with Crippen molar-refractivity contribution in [3.8, 4) is 0 Å². The summed E-state index contributed by atoms with van der Waals surface area (Å²) in [5.74, 6) is -0.686. The number of carbonyl (C=O) groups excluding carboxylic acids is 2. The molecule has 1 aliphatic rings. The fraction of sp³-hybridized carbons (Fsp3) is 0.278. The van der Waals surface area contributed by atoms with Crippen LogP contribution in [0.5, 0.6) is 0 Å². The topological polar surface area (TPSA) is 86.8 Å². The highest BCUT2D eigenvalue weighted by atomic mass is 127. The van der Waals surface area contributed by atoms with Gasteiger partial charge in [0.25, 0.3) is 10.0 Å². The fourth-order valence-electron chi connectivity index (χ4n) is 5.67. The lowest BCUT2D eigenvalue weighted by Crippen LogP contribution is -2.54. The van der Waals surface area contributed by atoms with Gasteiger partial charge in [0.2, 0.25) is 11.8 Å². The number of hydrogen-bond donors (Lipinski definition) is 1. The Morgan fingerprint density at radius 2 is 1.42 bits per heavy atom. The molecule has 0 spiro atoms. The number of hydrogen-bond acceptors (Lipinski definition) is 4. The van der Waals surface area contributed by atoms with Gasteiger partial charge in [0, 0.05) is 22.6 Å². The predicted octanol–water partition coefficient (Wildman–Crippen LogP) is 6.49. The van der Waals surface area contributed by atoms with Crippen molar-refractivity contribution in [2.75, 3.05) is 10.8 Å². The first kappa shape index (κ1) is 32.7. The molecule has 0 heterocycles. The summed E-state index contributed by atoms with van der Waals surface area (Å²) in [6.07, 6.45) is 4.23. The van der Waals surface area contributed by atoms with Crippen LogP contribution in [0.25, 0.3) is 0 Å². The van der Waals surface area contributed by atoms with Crippen LogP contribution in [0, 0.1) is 10.5 Å². The van der Waals surface area contributed by atoms with E-state index < -0.39 is 28.5 Å². The predicted molar refractivity (Wildman–Crippen MR) is 186 cm³/mol. The number of rotatable bonds is 12. The van der Waals surface area contributed by atoms with E-state index in [-0.39, 0.29) is 23.4 Å². The molecule has 1 fully saturated rings. The van der Waals surface area contributed by atoms with Crippen molar-refractivity contribution in [2.24, 2.45) is 0 Å². The molecule has 7 nitrogen and oxygen atoms in total. The number of sulfonamides is 1. The molecular weight excluding hydrogens is 697 g/mol. The zero-order chi connectivity index (χ0) is 31.8. The Labute approximate surface area is 279 Å². The minimum atomic E-state index is -4.11. The largest absolute Gasteiger partial charge is 0.352 e. The zero-order valence-corrected chi connectivity index (χ0v) is 28.3. The highest BCUT2D eigenvalue weighted by Crippen LogP contribution is 2.26. The molecule has 234 valence electrons. The van der Waals surface area contributed by atoms with Gasteiger partial charge in [-0.15, -0.1) is 0 Å². The fourth-order valence-corrected chi connectivity index (χ4v) is 7.46. The number of nitrogens with one attached hydrogen (secondary N) is 1. The molecule has 0 bridgehead atoms. The summed E-state index contributed by atoms with van der Waals surface area (Å²) in [4.78, 5) is 30.3. The molecule has 0 radical (unpaired) electrons. The number of benzene rings is 4. The van der Waals surface area contributed by atoms with Crippen LogP contribution < -0.4 is 9.62 Å². The second-order valence-corrected chi connectivity index (χ2v) is 14.6. The smallest absolute Gasteiger partial charge is 0.264 e. The Bertz CT molecular complexity index is 1680. The zero-order valence-electron chi connectivity index (χ0n) is 25.3. The second-order valence-electron chi connectivity index (χ2n) is 11.5. The van der Waals surface area contributed by atoms with Crippen molar-refractivity contribution in [2.45, 2.75) is 62.6 Å². The first-order valence-electron chi connectivity index (χ1n) is 15.2. The molecule has 4 aromatic rings. The van der Waals surface area contributed by atoms with Gasteiger partial charge in [-0.2, -0.15) is 0 Å². The summed E-state index contributed by atoms with van der Waals surface area (Å²) in [5.41, 5.74) is 3.22. The Balaban J connectivity index is 1.55. The third-order valence-electron chi connectivity index (χ3n) is 8.17. The molecule has 0 saturated heterocycles. The average molecular weight is 736 g/mol. The van der Waals surface area contributed by atoms with Crippen LogP contribution in [0.1, 0.15) is 42.4 Å². The molecule has 4 aromatic carbocycles. The maximum Gasteiger partial charge on any atom is 0.264 e. The van der Waals surface area contributed by atoms with Gasteiger partial charge in [-0.1, -0.05) is 91.2 Å². The van der Waals surface area contributed by atoms with Crippen molar-refractivity contribution in [3.63, 3.8) is 0 Å². The first-order valence-corrected chi connectivity index (χ1v) is 17.8. The van der Waals surface area contributed by atoms with E-state index in [1.54, 1.807) is 35.2 Å². The van der Waals surface area contributed by atoms with E-state index in [9.17, 15) is 18.0 Å². The molecule has 0 unspecified atom stereocenters. The lowest BCUT2D eigenvalue weighted by atomic mass is 10.0. The molecule has 2 amide bonds. The minimum absolute atomic E-state index is 0.0637. The summed E-state index contributed by atoms with van der Waals surface area (Å²) in [6.45, 7) is 1.68. The third kappa shape index (κ3) is 8.52. The van der Waals surface area contributed by atoms with E-state index in [2.05, 4.69) is 27.9 Å². The number of halogens is 1. The lowest BCUT2D eigenvalue weighted by molar-refractivity contribution is -0.140. The van der Waals surface area contributed by atoms with E-state index in [0.717, 1.165) is 50.2 Å². The monoisotopic (exact) mass is 735 g/mol. The highest BCUT2D eigenvalue weighted by molar-refractivity contribution is 14.1. The van der Waals surface area contributed by atoms with E-state index in [1.165, 1.54) is 12.1 Å². The lowest BCUT2D eigenvalue weighted by Gasteiger charge is -2.34. The first-order chi connectivity index (χ1) is 21.7. The SMILES string of the molecule is Cc1ccc(CN(C(=O)CN(c2ccc(I)cc2)S(=O)(=O)c2ccccc2)[C@@H](Cc2ccccc2)C(=O)NC2CCCC2)cc1. The summed E-state index contributed by atoms with van der Waals surface area (Å²) in [6, 6.07) is 31.8. The normalized spacial score (nSPS) is 14.1. The maximum atomic E-state index is 14.6. The van der Waals surface area contributed by atoms with Crippen LogP contribution in [0.2, 0.25) is 0 Å². The van der Waals surface area contributed by atoms with Crippen molar-refractivity contribution < 1.29 is 18.0 Å². The average Bonchev–Trinajstić information content (AvgIpc) is 3.57. The molecule has 0 aliphatic heterocycles. The number of nitrogens with zero attached hydrogens (tertiary/aromatic N) is 2. The molecule has 45 heavy (non-hydrogen) atoms. The molecule has 1 atom stereocenters. The molecule has 0 aromatic heterocycles. The van der Waals surface area contributed by atoms with Gasteiger partial charge >= 0.3 is 0 Å². The molecular formula is C36H38IN3O4S. The minimum Gasteiger partial charge on any atom is -0.352 e. The van der Waals surface area contributed by atoms with Crippen molar-refractivity contribution in [3.05, 3.63) is 129 Å². The van der Waals surface area contributed by atoms with E-state index in [4.69, 9.17) is 0 Å². The quantitative estimate of drug-likeness (QED) is 0.169. The van der Waals surface area contributed by atoms with E-state index in [0.29, 0.717) is 12.1 Å². The molecule has 5 rings (SSSR count). The number of aryl methyl sites for hydroxylation is 1. The van der Waals surface area contributed by atoms with Crippen LogP contribution in [0.3, 0.4) is 0 Å². The third-order valence-corrected chi connectivity index (χ3v) is 10.7. The molecule has 9 heteroatoms. The van der Waals surface area contributed by atoms with Crippen LogP contribution in [0.15, 0.2) is 114 Å². The Morgan fingerprint density at radius 3 is 2.04 bits per heavy atom. The number of anilines is 1. The summed E-state index contributed by atoms with van der Waals surface area (Å²) >= 11 is 2.16. The second kappa shape index (κ2) is 15.1. The Morgan fingerprint density at radius 1 is 0.822 bits per heavy atom. The van der Waals surface area contributed by atoms with Gasteiger partial charge in [-0.25, -0.2) is 8.42 Å². The van der Waals surface area contributed by atoms with Crippen LogP contribution in [0.4, 0.5) is 5.69 Å². The van der Waals surface area contributed by atoms with Gasteiger partial charge < -0.3 is 10.2 Å². The molecule has 1 saturated carbocycles. The summed E-state index contributed by atoms with van der Waals surface area (Å²) in [5, 5.41) is 3.21. The van der Waals surface area contributed by atoms with E-state index in [1.807, 2.05) is 73.7 Å². The summed E-state index contributed by atoms with van der Waals surface area (Å²) in [7, 11) is -4.11. The number of amides is 2. The van der Waals surface area contributed by atoms with Crippen molar-refractivity contribution in [1.29, 1.82) is 0 Å². The highest BCUT2D eigenvalue weighted by Gasteiger charge is 2.35. The van der Waals surface area contributed by atoms with Crippen LogP contribution in [-0.2, 0) is 32.6 Å². The maximum absolute atomic E-state index is 14.6. The molecule has 1 N–H and O–H groups in total. The number of carbonyl (C=O) groups is 2. The Hall–Kier alpha value is -3.70. The van der Waals surface area contributed by atoms with Crippen LogP contribution >= 0.6 is 22.6 Å². The Kier molecular flexibility index (Phi) is 10.9. The van der Waals surface area contributed by atoms with Gasteiger partial charge in [0.05, 0.1) is 10.6 Å². The van der Waals surface area contributed by atoms with E-state index >= 15 is 0 Å². The molecule has 1 aliphatic carbocycles. The van der Waals surface area contributed by atoms with Gasteiger partial charge in [0.15, 0.2) is 0 Å². The van der Waals surface area contributed by atoms with Gasteiger partial charge in [-0.3, -0.25) is 13.9 Å². The van der Waals surface area contributed by atoms with Crippen LogP contribution in [-0.4, -0.2) is 43.8 Å². The summed E-state index contributed by atoms with van der Waals surface area (Å²) < 4.78 is 30.2. The van der Waals surface area contributed by atoms with Crippen molar-refractivity contribution in [1.82, 2.24) is 10.2 Å². The van der Waals surface area contributed by atoms with Gasteiger partial charge in [-0.05, 0) is 89.9 Å². The van der Waals surface area contributed by atoms with Gasteiger partial charge in [0.1, 0.15) is 12.6 Å². The van der Waals surface area contributed by atoms with Crippen molar-refractivity contribution >= 4 is 50.1 Å². The standard InChI is InChI=1S/C36H38IN3O4S/c1-27-16-18-29(19-17-27)25-39(34(24-28-10-4-2-5-11-28)36(42)38-31-12-8-9-13-31)35(41)26-40(32-22-20-30(37)21-23-32)45(43,44)33-14-6-3-7-15-33/h2-7,10-11,14-23,31,34H,8-9,12-13,24-26H2,1H3,(H,38,42)/t34-/m0/s1.